The molecule has 0 bridgehead atoms. The summed E-state index contributed by atoms with van der Waals surface area (Å²) in [6.07, 6.45) is 6.05. The molecule has 3 aliphatic rings. The lowest BCUT2D eigenvalue weighted by Crippen LogP contribution is -2.47. The number of hydrogen-bond acceptors (Lipinski definition) is 4. The molecular formula is C21H29N3O4S. The third kappa shape index (κ3) is 4.19. The first-order chi connectivity index (χ1) is 14.0. The topological polar surface area (TPSA) is 78.0 Å². The van der Waals surface area contributed by atoms with E-state index in [1.165, 1.54) is 4.31 Å². The quantitative estimate of drug-likeness (QED) is 0.750. The zero-order chi connectivity index (χ0) is 20.4. The smallest absolute Gasteiger partial charge is 0.243 e. The van der Waals surface area contributed by atoms with Gasteiger partial charge in [0.15, 0.2) is 0 Å². The van der Waals surface area contributed by atoms with Crippen LogP contribution in [0.25, 0.3) is 0 Å². The average molecular weight is 420 g/mol. The number of carbonyl (C=O) groups excluding carboxylic acids is 2. The van der Waals surface area contributed by atoms with E-state index in [0.29, 0.717) is 25.9 Å². The minimum absolute atomic E-state index is 0.0794. The van der Waals surface area contributed by atoms with E-state index >= 15 is 0 Å². The molecule has 1 aromatic carbocycles. The number of nitrogens with zero attached hydrogens (tertiary/aromatic N) is 3. The Hall–Kier alpha value is -1.93. The Kier molecular flexibility index (Phi) is 5.92. The van der Waals surface area contributed by atoms with Gasteiger partial charge in [-0.2, -0.15) is 4.31 Å². The Morgan fingerprint density at radius 1 is 0.897 bits per heavy atom. The Morgan fingerprint density at radius 3 is 2.28 bits per heavy atom. The van der Waals surface area contributed by atoms with E-state index in [1.54, 1.807) is 29.2 Å². The number of amides is 2. The second-order valence-corrected chi connectivity index (χ2v) is 10.2. The molecule has 1 atom stereocenters. The third-order valence-electron chi connectivity index (χ3n) is 6.26. The lowest BCUT2D eigenvalue weighted by Gasteiger charge is -2.35. The maximum atomic E-state index is 13.1. The van der Waals surface area contributed by atoms with Crippen LogP contribution in [0.15, 0.2) is 29.2 Å². The van der Waals surface area contributed by atoms with Crippen molar-refractivity contribution in [2.75, 3.05) is 37.6 Å². The number of sulfonamides is 1. The fourth-order valence-electron chi connectivity index (χ4n) is 4.60. The highest BCUT2D eigenvalue weighted by atomic mass is 32.2. The van der Waals surface area contributed by atoms with Gasteiger partial charge in [0, 0.05) is 44.8 Å². The summed E-state index contributed by atoms with van der Waals surface area (Å²) in [7, 11) is -3.65. The van der Waals surface area contributed by atoms with Gasteiger partial charge in [0.1, 0.15) is 0 Å². The number of piperidine rings is 2. The van der Waals surface area contributed by atoms with Gasteiger partial charge in [-0.05, 0) is 62.8 Å². The van der Waals surface area contributed by atoms with Crippen LogP contribution in [-0.4, -0.2) is 62.2 Å². The van der Waals surface area contributed by atoms with Crippen molar-refractivity contribution in [1.82, 2.24) is 9.21 Å². The van der Waals surface area contributed by atoms with Crippen LogP contribution < -0.4 is 4.90 Å². The van der Waals surface area contributed by atoms with E-state index in [0.717, 1.165) is 50.9 Å². The minimum atomic E-state index is -3.65. The summed E-state index contributed by atoms with van der Waals surface area (Å²) < 4.78 is 27.8. The van der Waals surface area contributed by atoms with E-state index in [4.69, 9.17) is 0 Å². The minimum Gasteiger partial charge on any atom is -0.342 e. The van der Waals surface area contributed by atoms with Crippen molar-refractivity contribution in [3.05, 3.63) is 24.3 Å². The molecule has 29 heavy (non-hydrogen) atoms. The lowest BCUT2D eigenvalue weighted by atomic mass is 9.97. The van der Waals surface area contributed by atoms with Gasteiger partial charge in [-0.1, -0.05) is 0 Å². The number of hydrogen-bond donors (Lipinski definition) is 0. The van der Waals surface area contributed by atoms with Gasteiger partial charge in [-0.25, -0.2) is 8.42 Å². The zero-order valence-corrected chi connectivity index (χ0v) is 17.6. The number of likely N-dealkylation sites (tertiary alicyclic amines) is 1. The van der Waals surface area contributed by atoms with Crippen LogP contribution in [-0.2, 0) is 19.6 Å². The number of rotatable bonds is 4. The largest absolute Gasteiger partial charge is 0.342 e. The van der Waals surface area contributed by atoms with E-state index < -0.39 is 10.0 Å². The molecule has 7 nitrogen and oxygen atoms in total. The summed E-state index contributed by atoms with van der Waals surface area (Å²) in [6, 6.07) is 6.56. The molecule has 0 spiro atoms. The van der Waals surface area contributed by atoms with Crippen LogP contribution in [0.1, 0.15) is 44.9 Å². The molecule has 8 heteroatoms. The molecule has 3 heterocycles. The summed E-state index contributed by atoms with van der Waals surface area (Å²) >= 11 is 0. The van der Waals surface area contributed by atoms with Gasteiger partial charge < -0.3 is 9.80 Å². The first-order valence-corrected chi connectivity index (χ1v) is 12.1. The highest BCUT2D eigenvalue weighted by Gasteiger charge is 2.35. The van der Waals surface area contributed by atoms with Gasteiger partial charge in [0.05, 0.1) is 10.8 Å². The van der Waals surface area contributed by atoms with E-state index in [1.807, 2.05) is 4.90 Å². The van der Waals surface area contributed by atoms with Gasteiger partial charge in [0.2, 0.25) is 21.8 Å². The molecule has 158 valence electrons. The van der Waals surface area contributed by atoms with Crippen LogP contribution in [0.3, 0.4) is 0 Å². The van der Waals surface area contributed by atoms with Crippen molar-refractivity contribution >= 4 is 27.5 Å². The summed E-state index contributed by atoms with van der Waals surface area (Å²) in [5, 5.41) is 0. The predicted octanol–water partition coefficient (Wildman–Crippen LogP) is 2.23. The third-order valence-corrected chi connectivity index (χ3v) is 8.14. The first-order valence-electron chi connectivity index (χ1n) is 10.7. The van der Waals surface area contributed by atoms with Crippen molar-refractivity contribution in [3.63, 3.8) is 0 Å². The van der Waals surface area contributed by atoms with Crippen LogP contribution in [0, 0.1) is 5.92 Å². The van der Waals surface area contributed by atoms with Gasteiger partial charge in [-0.3, -0.25) is 9.59 Å². The first kappa shape index (κ1) is 20.3. The molecule has 1 aromatic rings. The van der Waals surface area contributed by atoms with E-state index in [2.05, 4.69) is 0 Å². The van der Waals surface area contributed by atoms with E-state index in [9.17, 15) is 18.0 Å². The molecule has 0 aromatic heterocycles. The van der Waals surface area contributed by atoms with E-state index in [-0.39, 0.29) is 29.2 Å². The Bertz CT molecular complexity index is 862. The second kappa shape index (κ2) is 8.44. The Balaban J connectivity index is 1.46. The summed E-state index contributed by atoms with van der Waals surface area (Å²) in [6.45, 7) is 2.96. The predicted molar refractivity (Wildman–Crippen MR) is 110 cm³/mol. The number of anilines is 1. The molecule has 0 N–H and O–H groups in total. The fraction of sp³-hybridized carbons (Fsp3) is 0.619. The number of carbonyl (C=O) groups is 2. The second-order valence-electron chi connectivity index (χ2n) is 8.23. The maximum absolute atomic E-state index is 13.1. The van der Waals surface area contributed by atoms with Crippen LogP contribution in [0.5, 0.6) is 0 Å². The molecule has 0 unspecified atom stereocenters. The standard InChI is InChI=1S/C21H29N3O4S/c25-20-7-5-15-24(20)18-8-10-19(11-9-18)29(27,28)23-14-4-6-17(16-23)21(26)22-12-2-1-3-13-22/h8-11,17H,1-7,12-16H2/t17-/m0/s1. The van der Waals surface area contributed by atoms with Crippen molar-refractivity contribution < 1.29 is 18.0 Å². The summed E-state index contributed by atoms with van der Waals surface area (Å²) in [5.41, 5.74) is 0.739. The van der Waals surface area contributed by atoms with Crippen molar-refractivity contribution in [2.45, 2.75) is 49.8 Å². The highest BCUT2D eigenvalue weighted by Crippen LogP contribution is 2.28. The van der Waals surface area contributed by atoms with Crippen LogP contribution >= 0.6 is 0 Å². The summed E-state index contributed by atoms with van der Waals surface area (Å²) in [4.78, 5) is 28.6. The highest BCUT2D eigenvalue weighted by molar-refractivity contribution is 7.89. The molecular weight excluding hydrogens is 390 g/mol. The molecule has 0 saturated carbocycles. The van der Waals surface area contributed by atoms with Crippen LogP contribution in [0.2, 0.25) is 0 Å². The molecule has 4 rings (SSSR count). The molecule has 2 amide bonds. The Morgan fingerprint density at radius 2 is 1.62 bits per heavy atom. The molecule has 0 radical (unpaired) electrons. The zero-order valence-electron chi connectivity index (χ0n) is 16.8. The lowest BCUT2D eigenvalue weighted by molar-refractivity contribution is -0.137. The number of benzene rings is 1. The van der Waals surface area contributed by atoms with Crippen molar-refractivity contribution in [2.24, 2.45) is 5.92 Å². The monoisotopic (exact) mass is 419 g/mol. The van der Waals surface area contributed by atoms with Gasteiger partial charge in [-0.15, -0.1) is 0 Å². The fourth-order valence-corrected chi connectivity index (χ4v) is 6.13. The SMILES string of the molecule is O=C([C@H]1CCCN(S(=O)(=O)c2ccc(N3CCCC3=O)cc2)C1)N1CCCCC1. The molecule has 3 saturated heterocycles. The summed E-state index contributed by atoms with van der Waals surface area (Å²) in [5.74, 6) is -0.0682. The molecule has 0 aliphatic carbocycles. The van der Waals surface area contributed by atoms with Crippen LogP contribution in [0.4, 0.5) is 5.69 Å². The normalized spacial score (nSPS) is 24.1. The maximum Gasteiger partial charge on any atom is 0.243 e. The Labute approximate surface area is 172 Å². The molecule has 3 aliphatic heterocycles. The van der Waals surface area contributed by atoms with Gasteiger partial charge >= 0.3 is 0 Å². The molecule has 3 fully saturated rings. The van der Waals surface area contributed by atoms with Crippen molar-refractivity contribution in [3.8, 4) is 0 Å². The van der Waals surface area contributed by atoms with Crippen molar-refractivity contribution in [1.29, 1.82) is 0 Å². The van der Waals surface area contributed by atoms with Gasteiger partial charge in [0.25, 0.3) is 0 Å². The average Bonchev–Trinajstić information content (AvgIpc) is 3.20.